The summed E-state index contributed by atoms with van der Waals surface area (Å²) in [4.78, 5) is 4.55. The lowest BCUT2D eigenvalue weighted by Gasteiger charge is -2.17. The Hall–Kier alpha value is -1.77. The van der Waals surface area contributed by atoms with E-state index in [0.29, 0.717) is 17.9 Å². The van der Waals surface area contributed by atoms with Crippen molar-refractivity contribution in [3.8, 4) is 11.5 Å². The van der Waals surface area contributed by atoms with E-state index < -0.39 is 15.6 Å². The molecule has 2 aromatic rings. The smallest absolute Gasteiger partial charge is 0.258 e. The lowest BCUT2D eigenvalue weighted by atomic mass is 9.99. The van der Waals surface area contributed by atoms with Crippen molar-refractivity contribution in [3.05, 3.63) is 30.1 Å². The van der Waals surface area contributed by atoms with Crippen molar-refractivity contribution in [1.29, 1.82) is 0 Å². The molecule has 0 atom stereocenters. The van der Waals surface area contributed by atoms with Gasteiger partial charge in [0, 0.05) is 12.1 Å². The standard InChI is InChI=1S/C15H20N4O3S/c1-2-17-23(20,21)12-7-5-6-11(10-12)13-18-14(19-22-13)15(16)8-3-4-9-15/h5-7,10,17H,2-4,8-9,16H2,1H3. The molecule has 0 bridgehead atoms. The molecule has 0 radical (unpaired) electrons. The molecule has 1 saturated carbocycles. The second kappa shape index (κ2) is 6.03. The van der Waals surface area contributed by atoms with Crippen molar-refractivity contribution in [2.45, 2.75) is 43.0 Å². The minimum absolute atomic E-state index is 0.167. The van der Waals surface area contributed by atoms with Crippen LogP contribution in [0.5, 0.6) is 0 Å². The highest BCUT2D eigenvalue weighted by Gasteiger charge is 2.36. The third-order valence-electron chi connectivity index (χ3n) is 4.09. The number of nitrogens with one attached hydrogen (secondary N) is 1. The summed E-state index contributed by atoms with van der Waals surface area (Å²) in [5.41, 5.74) is 6.35. The molecule has 0 saturated heterocycles. The van der Waals surface area contributed by atoms with E-state index >= 15 is 0 Å². The van der Waals surface area contributed by atoms with Gasteiger partial charge in [0.1, 0.15) is 0 Å². The SMILES string of the molecule is CCNS(=O)(=O)c1cccc(-c2nc(C3(N)CCCC3)no2)c1. The molecule has 23 heavy (non-hydrogen) atoms. The molecule has 1 aliphatic rings. The van der Waals surface area contributed by atoms with Gasteiger partial charge >= 0.3 is 0 Å². The third-order valence-corrected chi connectivity index (χ3v) is 5.64. The Morgan fingerprint density at radius 1 is 1.35 bits per heavy atom. The summed E-state index contributed by atoms with van der Waals surface area (Å²) in [5.74, 6) is 0.773. The van der Waals surface area contributed by atoms with Crippen LogP contribution >= 0.6 is 0 Å². The van der Waals surface area contributed by atoms with Gasteiger partial charge < -0.3 is 10.3 Å². The molecule has 3 rings (SSSR count). The van der Waals surface area contributed by atoms with Gasteiger partial charge in [0.15, 0.2) is 5.82 Å². The van der Waals surface area contributed by atoms with Crippen LogP contribution in [-0.4, -0.2) is 25.1 Å². The molecule has 1 aliphatic carbocycles. The summed E-state index contributed by atoms with van der Waals surface area (Å²) in [6.45, 7) is 2.06. The fourth-order valence-electron chi connectivity index (χ4n) is 2.84. The maximum absolute atomic E-state index is 12.1. The summed E-state index contributed by atoms with van der Waals surface area (Å²) in [6.07, 6.45) is 3.77. The molecule has 7 nitrogen and oxygen atoms in total. The first kappa shape index (κ1) is 16.1. The lowest BCUT2D eigenvalue weighted by Crippen LogP contribution is -2.34. The summed E-state index contributed by atoms with van der Waals surface area (Å²) in [5, 5.41) is 4.00. The summed E-state index contributed by atoms with van der Waals surface area (Å²) < 4.78 is 31.9. The van der Waals surface area contributed by atoms with Crippen LogP contribution in [0.1, 0.15) is 38.4 Å². The number of sulfonamides is 1. The van der Waals surface area contributed by atoms with Gasteiger partial charge in [-0.1, -0.05) is 31.0 Å². The van der Waals surface area contributed by atoms with Crippen molar-refractivity contribution >= 4 is 10.0 Å². The number of nitrogens with zero attached hydrogens (tertiary/aromatic N) is 2. The molecular formula is C15H20N4O3S. The number of nitrogens with two attached hydrogens (primary N) is 1. The van der Waals surface area contributed by atoms with Gasteiger partial charge in [-0.3, -0.25) is 0 Å². The largest absolute Gasteiger partial charge is 0.334 e. The highest BCUT2D eigenvalue weighted by molar-refractivity contribution is 7.89. The number of benzene rings is 1. The van der Waals surface area contributed by atoms with E-state index in [1.807, 2.05) is 0 Å². The number of aromatic nitrogens is 2. The van der Waals surface area contributed by atoms with Crippen LogP contribution in [0.25, 0.3) is 11.5 Å². The predicted octanol–water partition coefficient (Wildman–Crippen LogP) is 1.76. The Balaban J connectivity index is 1.93. The van der Waals surface area contributed by atoms with E-state index in [1.54, 1.807) is 19.1 Å². The van der Waals surface area contributed by atoms with Gasteiger partial charge in [-0.15, -0.1) is 0 Å². The molecule has 1 heterocycles. The van der Waals surface area contributed by atoms with Crippen LogP contribution in [0.3, 0.4) is 0 Å². The summed E-state index contributed by atoms with van der Waals surface area (Å²) in [7, 11) is -3.53. The first-order valence-corrected chi connectivity index (χ1v) is 9.16. The van der Waals surface area contributed by atoms with Gasteiger partial charge in [-0.05, 0) is 31.0 Å². The predicted molar refractivity (Wildman–Crippen MR) is 84.9 cm³/mol. The fourth-order valence-corrected chi connectivity index (χ4v) is 3.93. The van der Waals surface area contributed by atoms with E-state index in [2.05, 4.69) is 14.9 Å². The molecular weight excluding hydrogens is 316 g/mol. The van der Waals surface area contributed by atoms with Gasteiger partial charge in [0.2, 0.25) is 10.0 Å². The summed E-state index contributed by atoms with van der Waals surface area (Å²) in [6, 6.07) is 6.44. The van der Waals surface area contributed by atoms with E-state index in [-0.39, 0.29) is 10.8 Å². The molecule has 1 fully saturated rings. The second-order valence-electron chi connectivity index (χ2n) is 5.82. The monoisotopic (exact) mass is 336 g/mol. The van der Waals surface area contributed by atoms with Gasteiger partial charge in [0.25, 0.3) is 5.89 Å². The molecule has 1 aromatic heterocycles. The van der Waals surface area contributed by atoms with Crippen LogP contribution in [0, 0.1) is 0 Å². The third kappa shape index (κ3) is 3.15. The van der Waals surface area contributed by atoms with Gasteiger partial charge in [0.05, 0.1) is 10.4 Å². The Labute approximate surface area is 135 Å². The molecule has 0 unspecified atom stereocenters. The Bertz CT molecular complexity index is 795. The zero-order chi connectivity index (χ0) is 16.5. The molecule has 8 heteroatoms. The first-order chi connectivity index (χ1) is 10.9. The van der Waals surface area contributed by atoms with Gasteiger partial charge in [-0.25, -0.2) is 13.1 Å². The van der Waals surface area contributed by atoms with E-state index in [9.17, 15) is 8.42 Å². The zero-order valence-corrected chi connectivity index (χ0v) is 13.8. The van der Waals surface area contributed by atoms with Crippen LogP contribution in [0.15, 0.2) is 33.7 Å². The summed E-state index contributed by atoms with van der Waals surface area (Å²) >= 11 is 0. The van der Waals surface area contributed by atoms with Crippen LogP contribution < -0.4 is 10.5 Å². The van der Waals surface area contributed by atoms with E-state index in [0.717, 1.165) is 25.7 Å². The normalized spacial score (nSPS) is 17.5. The highest BCUT2D eigenvalue weighted by Crippen LogP contribution is 2.35. The lowest BCUT2D eigenvalue weighted by molar-refractivity contribution is 0.372. The molecule has 1 aromatic carbocycles. The van der Waals surface area contributed by atoms with Crippen LogP contribution in [0.4, 0.5) is 0 Å². The van der Waals surface area contributed by atoms with Crippen molar-refractivity contribution in [1.82, 2.24) is 14.9 Å². The molecule has 124 valence electrons. The maximum atomic E-state index is 12.1. The second-order valence-corrected chi connectivity index (χ2v) is 7.58. The molecule has 0 amide bonds. The van der Waals surface area contributed by atoms with E-state index in [4.69, 9.17) is 10.3 Å². The zero-order valence-electron chi connectivity index (χ0n) is 12.9. The number of hydrogen-bond acceptors (Lipinski definition) is 6. The number of rotatable bonds is 5. The minimum Gasteiger partial charge on any atom is -0.334 e. The molecule has 3 N–H and O–H groups in total. The molecule has 0 aliphatic heterocycles. The Morgan fingerprint density at radius 3 is 2.78 bits per heavy atom. The number of hydrogen-bond donors (Lipinski definition) is 2. The van der Waals surface area contributed by atoms with Crippen molar-refractivity contribution in [2.24, 2.45) is 5.73 Å². The van der Waals surface area contributed by atoms with Gasteiger partial charge in [-0.2, -0.15) is 4.98 Å². The van der Waals surface area contributed by atoms with Crippen molar-refractivity contribution < 1.29 is 12.9 Å². The highest BCUT2D eigenvalue weighted by atomic mass is 32.2. The molecule has 0 spiro atoms. The Kier molecular flexibility index (Phi) is 4.22. The van der Waals surface area contributed by atoms with Crippen LogP contribution in [-0.2, 0) is 15.6 Å². The van der Waals surface area contributed by atoms with E-state index in [1.165, 1.54) is 12.1 Å². The maximum Gasteiger partial charge on any atom is 0.258 e. The minimum atomic E-state index is -3.53. The quantitative estimate of drug-likeness (QED) is 0.860. The van der Waals surface area contributed by atoms with Crippen LogP contribution in [0.2, 0.25) is 0 Å². The fraction of sp³-hybridized carbons (Fsp3) is 0.467. The average Bonchev–Trinajstić information content (AvgIpc) is 3.17. The van der Waals surface area contributed by atoms with Crippen molar-refractivity contribution in [3.63, 3.8) is 0 Å². The average molecular weight is 336 g/mol. The topological polar surface area (TPSA) is 111 Å². The first-order valence-electron chi connectivity index (χ1n) is 7.68. The Morgan fingerprint density at radius 2 is 2.09 bits per heavy atom. The van der Waals surface area contributed by atoms with Crippen molar-refractivity contribution in [2.75, 3.05) is 6.54 Å².